The van der Waals surface area contributed by atoms with E-state index in [1.165, 1.54) is 16.0 Å². The Morgan fingerprint density at radius 3 is 2.36 bits per heavy atom. The molecule has 2 aliphatic carbocycles. The Labute approximate surface area is 166 Å². The minimum Gasteiger partial charge on any atom is -0.324 e. The number of hydrogen-bond acceptors (Lipinski definition) is 3. The second-order valence-electron chi connectivity index (χ2n) is 8.67. The molecule has 0 aromatic heterocycles. The van der Waals surface area contributed by atoms with Gasteiger partial charge in [-0.25, -0.2) is 0 Å². The highest BCUT2D eigenvalue weighted by molar-refractivity contribution is 6.10. The van der Waals surface area contributed by atoms with Gasteiger partial charge in [0.1, 0.15) is 6.04 Å². The van der Waals surface area contributed by atoms with Gasteiger partial charge in [0.2, 0.25) is 17.7 Å². The Kier molecular flexibility index (Phi) is 5.09. The molecule has 148 valence electrons. The van der Waals surface area contributed by atoms with Crippen LogP contribution < -0.4 is 5.32 Å². The second-order valence-corrected chi connectivity index (χ2v) is 8.67. The van der Waals surface area contributed by atoms with Gasteiger partial charge in [-0.2, -0.15) is 0 Å². The summed E-state index contributed by atoms with van der Waals surface area (Å²) in [4.78, 5) is 40.4. The van der Waals surface area contributed by atoms with Gasteiger partial charge in [0, 0.05) is 5.69 Å². The van der Waals surface area contributed by atoms with E-state index in [4.69, 9.17) is 0 Å². The number of likely N-dealkylation sites (tertiary alicyclic amines) is 1. The number of benzene rings is 1. The van der Waals surface area contributed by atoms with Crippen LogP contribution >= 0.6 is 0 Å². The molecule has 3 aliphatic rings. The molecule has 1 N–H and O–H groups in total. The number of fused-ring (bicyclic) bond motifs is 2. The van der Waals surface area contributed by atoms with Crippen molar-refractivity contribution in [3.8, 4) is 0 Å². The predicted octanol–water partition coefficient (Wildman–Crippen LogP) is 3.48. The van der Waals surface area contributed by atoms with Crippen LogP contribution in [0.25, 0.3) is 0 Å². The number of nitrogens with zero attached hydrogens (tertiary/aromatic N) is 1. The standard InChI is InChI=1S/C23H28N2O3/c1-14(2)12-20(25-22(27)18-8-3-4-9-19(18)23(25)28)21(26)24-17-11-10-15-6-5-7-16(15)13-17/h3-4,10-11,13-14,18-20H,5-9,12H2,1-2H3,(H,24,26). The Morgan fingerprint density at radius 2 is 1.71 bits per heavy atom. The third-order valence-corrected chi connectivity index (χ3v) is 6.22. The molecule has 0 saturated carbocycles. The molecule has 4 rings (SSSR count). The van der Waals surface area contributed by atoms with E-state index in [1.54, 1.807) is 0 Å². The maximum absolute atomic E-state index is 13.2. The summed E-state index contributed by atoms with van der Waals surface area (Å²) in [5.41, 5.74) is 3.37. The van der Waals surface area contributed by atoms with Crippen LogP contribution in [-0.2, 0) is 27.2 Å². The molecule has 1 heterocycles. The van der Waals surface area contributed by atoms with Gasteiger partial charge in [0.15, 0.2) is 0 Å². The van der Waals surface area contributed by atoms with Crippen molar-refractivity contribution >= 4 is 23.4 Å². The highest BCUT2D eigenvalue weighted by Crippen LogP contribution is 2.37. The quantitative estimate of drug-likeness (QED) is 0.628. The topological polar surface area (TPSA) is 66.5 Å². The summed E-state index contributed by atoms with van der Waals surface area (Å²) in [6.07, 6.45) is 8.87. The van der Waals surface area contributed by atoms with E-state index in [0.717, 1.165) is 24.9 Å². The molecular weight excluding hydrogens is 352 g/mol. The maximum atomic E-state index is 13.2. The van der Waals surface area contributed by atoms with Crippen LogP contribution in [0, 0.1) is 17.8 Å². The van der Waals surface area contributed by atoms with Crippen LogP contribution in [0.15, 0.2) is 30.4 Å². The molecule has 5 nitrogen and oxygen atoms in total. The molecule has 1 aliphatic heterocycles. The number of rotatable bonds is 5. The first-order valence-corrected chi connectivity index (χ1v) is 10.4. The summed E-state index contributed by atoms with van der Waals surface area (Å²) >= 11 is 0. The lowest BCUT2D eigenvalue weighted by atomic mass is 9.85. The zero-order valence-electron chi connectivity index (χ0n) is 16.6. The van der Waals surface area contributed by atoms with E-state index in [2.05, 4.69) is 11.4 Å². The van der Waals surface area contributed by atoms with Crippen LogP contribution in [-0.4, -0.2) is 28.7 Å². The van der Waals surface area contributed by atoms with Gasteiger partial charge in [0.05, 0.1) is 11.8 Å². The highest BCUT2D eigenvalue weighted by atomic mass is 16.2. The zero-order chi connectivity index (χ0) is 19.8. The largest absolute Gasteiger partial charge is 0.324 e. The maximum Gasteiger partial charge on any atom is 0.247 e. The SMILES string of the molecule is CC(C)CC(C(=O)Nc1ccc2c(c1)CCC2)N1C(=O)C2CC=CCC2C1=O. The summed E-state index contributed by atoms with van der Waals surface area (Å²) in [6, 6.07) is 5.27. The number of hydrogen-bond donors (Lipinski definition) is 1. The van der Waals surface area contributed by atoms with E-state index in [-0.39, 0.29) is 35.5 Å². The summed E-state index contributed by atoms with van der Waals surface area (Å²) in [7, 11) is 0. The highest BCUT2D eigenvalue weighted by Gasteiger charge is 2.51. The van der Waals surface area contributed by atoms with Crippen molar-refractivity contribution in [1.82, 2.24) is 4.90 Å². The Hall–Kier alpha value is -2.43. The van der Waals surface area contributed by atoms with Crippen molar-refractivity contribution < 1.29 is 14.4 Å². The van der Waals surface area contributed by atoms with Gasteiger partial charge in [-0.05, 0) is 67.7 Å². The van der Waals surface area contributed by atoms with Gasteiger partial charge < -0.3 is 5.32 Å². The fraction of sp³-hybridized carbons (Fsp3) is 0.522. The molecule has 0 bridgehead atoms. The van der Waals surface area contributed by atoms with Gasteiger partial charge in [-0.1, -0.05) is 32.1 Å². The molecule has 1 aromatic carbocycles. The lowest BCUT2D eigenvalue weighted by Gasteiger charge is -2.27. The first kappa shape index (κ1) is 18.9. The number of nitrogens with one attached hydrogen (secondary N) is 1. The minimum absolute atomic E-state index is 0.186. The Balaban J connectivity index is 1.56. The van der Waals surface area contributed by atoms with E-state index < -0.39 is 6.04 Å². The van der Waals surface area contributed by atoms with Crippen LogP contribution in [0.3, 0.4) is 0 Å². The number of carbonyl (C=O) groups excluding carboxylic acids is 3. The van der Waals surface area contributed by atoms with Crippen molar-refractivity contribution in [1.29, 1.82) is 0 Å². The third kappa shape index (κ3) is 3.38. The monoisotopic (exact) mass is 380 g/mol. The first-order valence-electron chi connectivity index (χ1n) is 10.4. The molecule has 3 amide bonds. The summed E-state index contributed by atoms with van der Waals surface area (Å²) < 4.78 is 0. The smallest absolute Gasteiger partial charge is 0.247 e. The van der Waals surface area contributed by atoms with E-state index in [1.807, 2.05) is 38.1 Å². The van der Waals surface area contributed by atoms with E-state index >= 15 is 0 Å². The number of aryl methyl sites for hydroxylation is 2. The van der Waals surface area contributed by atoms with Crippen molar-refractivity contribution in [3.05, 3.63) is 41.5 Å². The van der Waals surface area contributed by atoms with Crippen LogP contribution in [0.4, 0.5) is 5.69 Å². The predicted molar refractivity (Wildman–Crippen MR) is 108 cm³/mol. The summed E-state index contributed by atoms with van der Waals surface area (Å²) in [5, 5.41) is 2.98. The number of imide groups is 1. The van der Waals surface area contributed by atoms with E-state index in [0.29, 0.717) is 19.3 Å². The lowest BCUT2D eigenvalue weighted by molar-refractivity contribution is -0.147. The van der Waals surface area contributed by atoms with Crippen LogP contribution in [0.2, 0.25) is 0 Å². The summed E-state index contributed by atoms with van der Waals surface area (Å²) in [5.74, 6) is -1.06. The molecule has 1 saturated heterocycles. The minimum atomic E-state index is -0.751. The third-order valence-electron chi connectivity index (χ3n) is 6.22. The van der Waals surface area contributed by atoms with Crippen molar-refractivity contribution in [3.63, 3.8) is 0 Å². The molecule has 1 fully saturated rings. The fourth-order valence-corrected chi connectivity index (χ4v) is 4.78. The average Bonchev–Trinajstić information content (AvgIpc) is 3.23. The molecular formula is C23H28N2O3. The summed E-state index contributed by atoms with van der Waals surface area (Å²) in [6.45, 7) is 4.02. The van der Waals surface area contributed by atoms with Crippen molar-refractivity contribution in [2.24, 2.45) is 17.8 Å². The van der Waals surface area contributed by atoms with Gasteiger partial charge >= 0.3 is 0 Å². The number of carbonyl (C=O) groups is 3. The van der Waals surface area contributed by atoms with Gasteiger partial charge in [-0.15, -0.1) is 0 Å². The molecule has 5 heteroatoms. The Bertz CT molecular complexity index is 816. The molecule has 1 aromatic rings. The number of allylic oxidation sites excluding steroid dienone is 2. The van der Waals surface area contributed by atoms with Crippen molar-refractivity contribution in [2.75, 3.05) is 5.32 Å². The average molecular weight is 380 g/mol. The Morgan fingerprint density at radius 1 is 1.07 bits per heavy atom. The van der Waals surface area contributed by atoms with Gasteiger partial charge in [-0.3, -0.25) is 19.3 Å². The molecule has 28 heavy (non-hydrogen) atoms. The zero-order valence-corrected chi connectivity index (χ0v) is 16.6. The lowest BCUT2D eigenvalue weighted by Crippen LogP contribution is -2.48. The van der Waals surface area contributed by atoms with Crippen LogP contribution in [0.5, 0.6) is 0 Å². The molecule has 3 atom stereocenters. The fourth-order valence-electron chi connectivity index (χ4n) is 4.78. The number of anilines is 1. The first-order chi connectivity index (χ1) is 13.5. The van der Waals surface area contributed by atoms with E-state index in [9.17, 15) is 14.4 Å². The van der Waals surface area contributed by atoms with Crippen LogP contribution in [0.1, 0.15) is 50.7 Å². The normalized spacial score (nSPS) is 24.5. The second kappa shape index (κ2) is 7.53. The molecule has 0 radical (unpaired) electrons. The molecule has 0 spiro atoms. The number of amides is 3. The van der Waals surface area contributed by atoms with Crippen molar-refractivity contribution in [2.45, 2.75) is 58.4 Å². The van der Waals surface area contributed by atoms with Gasteiger partial charge in [0.25, 0.3) is 0 Å². The molecule has 3 unspecified atom stereocenters.